The largest absolute Gasteiger partial charge is 0.465 e. The molecule has 2 rings (SSSR count). The Hall–Kier alpha value is -1.28. The Balaban J connectivity index is 2.33. The van der Waals surface area contributed by atoms with E-state index in [0.717, 1.165) is 11.3 Å². The molecule has 21 heavy (non-hydrogen) atoms. The number of thiophene rings is 1. The molecule has 0 aliphatic rings. The van der Waals surface area contributed by atoms with Crippen LogP contribution in [0.15, 0.2) is 35.2 Å². The van der Waals surface area contributed by atoms with Crippen molar-refractivity contribution in [2.45, 2.75) is 4.90 Å². The van der Waals surface area contributed by atoms with E-state index >= 15 is 0 Å². The summed E-state index contributed by atoms with van der Waals surface area (Å²) in [6, 6.07) is 7.18. The van der Waals surface area contributed by atoms with E-state index in [9.17, 15) is 13.2 Å². The Morgan fingerprint density at radius 3 is 2.57 bits per heavy atom. The quantitative estimate of drug-likeness (QED) is 0.839. The number of benzene rings is 1. The summed E-state index contributed by atoms with van der Waals surface area (Å²) in [5.41, 5.74) is 0.448. The summed E-state index contributed by atoms with van der Waals surface area (Å²) in [5, 5.41) is 0. The van der Waals surface area contributed by atoms with Crippen molar-refractivity contribution in [3.05, 3.63) is 44.6 Å². The lowest BCUT2D eigenvalue weighted by molar-refractivity contribution is 0.0601. The molecule has 1 aromatic heterocycles. The van der Waals surface area contributed by atoms with Crippen LogP contribution in [0.5, 0.6) is 0 Å². The monoisotopic (exact) mass is 365 g/mol. The summed E-state index contributed by atoms with van der Waals surface area (Å²) in [7, 11) is -2.64. The number of rotatable bonds is 4. The van der Waals surface area contributed by atoms with Crippen molar-refractivity contribution in [1.29, 1.82) is 0 Å². The molecule has 0 atom stereocenters. The number of methoxy groups -OCH3 is 1. The van der Waals surface area contributed by atoms with Crippen LogP contribution in [0.2, 0.25) is 8.67 Å². The van der Waals surface area contributed by atoms with Crippen molar-refractivity contribution in [3.8, 4) is 0 Å². The zero-order chi connectivity index (χ0) is 15.6. The maximum absolute atomic E-state index is 12.2. The van der Waals surface area contributed by atoms with Gasteiger partial charge < -0.3 is 4.74 Å². The lowest BCUT2D eigenvalue weighted by atomic mass is 10.2. The van der Waals surface area contributed by atoms with E-state index in [-0.39, 0.29) is 24.8 Å². The Morgan fingerprint density at radius 2 is 2.00 bits per heavy atom. The number of ether oxygens (including phenoxy) is 1. The topological polar surface area (TPSA) is 72.5 Å². The number of nitrogens with one attached hydrogen (secondary N) is 1. The number of halogens is 2. The third kappa shape index (κ3) is 3.68. The van der Waals surface area contributed by atoms with Gasteiger partial charge in [-0.05, 0) is 24.3 Å². The fraction of sp³-hybridized carbons (Fsp3) is 0.0833. The summed E-state index contributed by atoms with van der Waals surface area (Å²) in [4.78, 5) is 11.3. The van der Waals surface area contributed by atoms with E-state index in [0.29, 0.717) is 0 Å². The normalized spacial score (nSPS) is 11.2. The van der Waals surface area contributed by atoms with Crippen LogP contribution >= 0.6 is 34.5 Å². The van der Waals surface area contributed by atoms with Gasteiger partial charge in [0, 0.05) is 5.69 Å². The highest BCUT2D eigenvalue weighted by Crippen LogP contribution is 2.35. The van der Waals surface area contributed by atoms with E-state index in [4.69, 9.17) is 23.2 Å². The third-order valence-electron chi connectivity index (χ3n) is 2.45. The number of hydrogen-bond acceptors (Lipinski definition) is 5. The molecule has 9 heteroatoms. The minimum absolute atomic E-state index is 0.0663. The van der Waals surface area contributed by atoms with Gasteiger partial charge in [0.1, 0.15) is 9.23 Å². The third-order valence-corrected chi connectivity index (χ3v) is 5.59. The van der Waals surface area contributed by atoms with E-state index in [2.05, 4.69) is 9.46 Å². The van der Waals surface area contributed by atoms with Crippen LogP contribution in [-0.4, -0.2) is 21.5 Å². The van der Waals surface area contributed by atoms with E-state index in [1.54, 1.807) is 0 Å². The molecule has 0 spiro atoms. The molecule has 0 aliphatic heterocycles. The lowest BCUT2D eigenvalue weighted by Crippen LogP contribution is -2.13. The first-order chi connectivity index (χ1) is 9.83. The maximum atomic E-state index is 12.2. The number of carbonyl (C=O) groups is 1. The zero-order valence-corrected chi connectivity index (χ0v) is 13.7. The van der Waals surface area contributed by atoms with Gasteiger partial charge in [0.15, 0.2) is 0 Å². The predicted octanol–water partition coefficient (Wildman–Crippen LogP) is 3.64. The second-order valence-electron chi connectivity index (χ2n) is 3.87. The average molecular weight is 366 g/mol. The van der Waals surface area contributed by atoms with Gasteiger partial charge >= 0.3 is 5.97 Å². The maximum Gasteiger partial charge on any atom is 0.337 e. The van der Waals surface area contributed by atoms with Gasteiger partial charge in [0.05, 0.1) is 17.0 Å². The van der Waals surface area contributed by atoms with Crippen molar-refractivity contribution in [2.75, 3.05) is 11.8 Å². The molecule has 0 saturated heterocycles. The minimum Gasteiger partial charge on any atom is -0.465 e. The highest BCUT2D eigenvalue weighted by Gasteiger charge is 2.21. The summed E-state index contributed by atoms with van der Waals surface area (Å²) < 4.78 is 31.7. The summed E-state index contributed by atoms with van der Waals surface area (Å²) >= 11 is 12.5. The Labute approximate surface area is 135 Å². The second kappa shape index (κ2) is 6.23. The molecular weight excluding hydrogens is 357 g/mol. The molecule has 0 unspecified atom stereocenters. The average Bonchev–Trinajstić information content (AvgIpc) is 2.77. The van der Waals surface area contributed by atoms with Crippen molar-refractivity contribution >= 4 is 56.2 Å². The number of esters is 1. The fourth-order valence-corrected chi connectivity index (χ4v) is 4.75. The highest BCUT2D eigenvalue weighted by molar-refractivity contribution is 7.93. The second-order valence-corrected chi connectivity index (χ2v) is 7.80. The zero-order valence-electron chi connectivity index (χ0n) is 10.6. The molecular formula is C12H9Cl2NO4S2. The van der Waals surface area contributed by atoms with E-state index in [1.165, 1.54) is 37.4 Å². The summed E-state index contributed by atoms with van der Waals surface area (Å²) in [6.45, 7) is 0. The van der Waals surface area contributed by atoms with Crippen LogP contribution in [0.1, 0.15) is 10.4 Å². The SMILES string of the molecule is COC(=O)c1cccc(NS(=O)(=O)c2cc(Cl)sc2Cl)c1. The molecule has 2 aromatic rings. The van der Waals surface area contributed by atoms with Crippen molar-refractivity contribution in [1.82, 2.24) is 0 Å². The molecule has 0 radical (unpaired) electrons. The van der Waals surface area contributed by atoms with Gasteiger partial charge in [-0.3, -0.25) is 4.72 Å². The first-order valence-corrected chi connectivity index (χ1v) is 8.55. The smallest absolute Gasteiger partial charge is 0.337 e. The molecule has 1 aromatic carbocycles. The molecule has 0 aliphatic carbocycles. The first kappa shape index (κ1) is 16.1. The number of sulfonamides is 1. The Morgan fingerprint density at radius 1 is 1.29 bits per heavy atom. The molecule has 0 fully saturated rings. The number of anilines is 1. The highest BCUT2D eigenvalue weighted by atomic mass is 35.5. The first-order valence-electron chi connectivity index (χ1n) is 5.49. The van der Waals surface area contributed by atoms with Gasteiger partial charge in [-0.25, -0.2) is 13.2 Å². The standard InChI is InChI=1S/C12H9Cl2NO4S2/c1-19-12(16)7-3-2-4-8(5-7)15-21(17,18)9-6-10(13)20-11(9)14/h2-6,15H,1H3. The van der Waals surface area contributed by atoms with E-state index < -0.39 is 16.0 Å². The predicted molar refractivity (Wildman–Crippen MR) is 82.9 cm³/mol. The van der Waals surface area contributed by atoms with Gasteiger partial charge in [-0.2, -0.15) is 0 Å². The van der Waals surface area contributed by atoms with Gasteiger partial charge in [0.2, 0.25) is 0 Å². The van der Waals surface area contributed by atoms with Crippen molar-refractivity contribution in [3.63, 3.8) is 0 Å². The summed E-state index contributed by atoms with van der Waals surface area (Å²) in [5.74, 6) is -0.562. The van der Waals surface area contributed by atoms with Crippen LogP contribution in [-0.2, 0) is 14.8 Å². The van der Waals surface area contributed by atoms with Crippen molar-refractivity contribution in [2.24, 2.45) is 0 Å². The number of hydrogen-bond donors (Lipinski definition) is 1. The van der Waals surface area contributed by atoms with Crippen molar-refractivity contribution < 1.29 is 17.9 Å². The van der Waals surface area contributed by atoms with Crippen LogP contribution < -0.4 is 4.72 Å². The Bertz CT molecular complexity index is 786. The fourth-order valence-electron chi connectivity index (χ4n) is 1.55. The van der Waals surface area contributed by atoms with Crippen LogP contribution in [0.3, 0.4) is 0 Å². The molecule has 0 amide bonds. The summed E-state index contributed by atoms with van der Waals surface area (Å²) in [6.07, 6.45) is 0. The van der Waals surface area contributed by atoms with Crippen LogP contribution in [0, 0.1) is 0 Å². The van der Waals surface area contributed by atoms with Gasteiger partial charge in [-0.1, -0.05) is 29.3 Å². The molecule has 5 nitrogen and oxygen atoms in total. The lowest BCUT2D eigenvalue weighted by Gasteiger charge is -2.08. The molecule has 112 valence electrons. The van der Waals surface area contributed by atoms with Crippen LogP contribution in [0.4, 0.5) is 5.69 Å². The van der Waals surface area contributed by atoms with Crippen LogP contribution in [0.25, 0.3) is 0 Å². The van der Waals surface area contributed by atoms with E-state index in [1.807, 2.05) is 0 Å². The molecule has 0 saturated carbocycles. The minimum atomic E-state index is -3.88. The van der Waals surface area contributed by atoms with Gasteiger partial charge in [-0.15, -0.1) is 11.3 Å². The Kier molecular flexibility index (Phi) is 4.77. The molecule has 0 bridgehead atoms. The molecule has 1 heterocycles. The molecule has 1 N–H and O–H groups in total. The number of carbonyl (C=O) groups excluding carboxylic acids is 1. The van der Waals surface area contributed by atoms with Gasteiger partial charge in [0.25, 0.3) is 10.0 Å².